The summed E-state index contributed by atoms with van der Waals surface area (Å²) >= 11 is 1.35. The summed E-state index contributed by atoms with van der Waals surface area (Å²) < 4.78 is 25.0. The van der Waals surface area contributed by atoms with Crippen molar-refractivity contribution in [3.8, 4) is 21.3 Å². The molecule has 12 heteroatoms. The molecule has 4 heterocycles. The van der Waals surface area contributed by atoms with E-state index in [4.69, 9.17) is 0 Å². The summed E-state index contributed by atoms with van der Waals surface area (Å²) in [7, 11) is -3.55. The number of nitroso groups, excluding NO2 is 1. The van der Waals surface area contributed by atoms with Crippen LogP contribution in [0.15, 0.2) is 35.9 Å². The second-order valence-electron chi connectivity index (χ2n) is 5.86. The quantitative estimate of drug-likeness (QED) is 0.605. The SMILES string of the molecule is CS(=O)(=O)N1CCC(N=O)c2nc(-c3cnc(-c4cccnc4)s3)nnc21. The number of hydrogen-bond donors (Lipinski definition) is 0. The van der Waals surface area contributed by atoms with Crippen molar-refractivity contribution in [3.63, 3.8) is 0 Å². The molecule has 10 nitrogen and oxygen atoms in total. The van der Waals surface area contributed by atoms with E-state index in [0.29, 0.717) is 4.88 Å². The molecule has 1 aliphatic rings. The molecule has 0 saturated heterocycles. The van der Waals surface area contributed by atoms with E-state index < -0.39 is 16.1 Å². The van der Waals surface area contributed by atoms with Gasteiger partial charge in [-0.3, -0.25) is 9.29 Å². The molecule has 0 aliphatic carbocycles. The maximum absolute atomic E-state index is 12.0. The lowest BCUT2D eigenvalue weighted by molar-refractivity contribution is 0.566. The van der Waals surface area contributed by atoms with E-state index in [1.54, 1.807) is 18.6 Å². The van der Waals surface area contributed by atoms with Gasteiger partial charge in [-0.25, -0.2) is 18.4 Å². The predicted molar refractivity (Wildman–Crippen MR) is 99.5 cm³/mol. The van der Waals surface area contributed by atoms with Gasteiger partial charge in [0.2, 0.25) is 10.0 Å². The number of thiazole rings is 1. The van der Waals surface area contributed by atoms with E-state index in [1.165, 1.54) is 11.3 Å². The van der Waals surface area contributed by atoms with Crippen LogP contribution >= 0.6 is 11.3 Å². The van der Waals surface area contributed by atoms with Crippen LogP contribution in [0.5, 0.6) is 0 Å². The van der Waals surface area contributed by atoms with Crippen LogP contribution in [0.4, 0.5) is 5.82 Å². The standard InChI is InChI=1S/C15H13N7O3S2/c1-27(24,25)22-6-4-10(21-23)12-14(22)20-19-13(18-12)11-8-17-15(26-11)9-3-2-5-16-7-9/h2-3,5,7-8,10H,4,6H2,1H3. The average Bonchev–Trinajstić information content (AvgIpc) is 3.17. The Bertz CT molecular complexity index is 1100. The lowest BCUT2D eigenvalue weighted by Crippen LogP contribution is -2.37. The van der Waals surface area contributed by atoms with E-state index in [0.717, 1.165) is 21.1 Å². The topological polar surface area (TPSA) is 131 Å². The maximum Gasteiger partial charge on any atom is 0.233 e. The summed E-state index contributed by atoms with van der Waals surface area (Å²) in [5.74, 6) is 0.319. The fraction of sp³-hybridized carbons (Fsp3) is 0.267. The van der Waals surface area contributed by atoms with Crippen molar-refractivity contribution < 1.29 is 8.42 Å². The summed E-state index contributed by atoms with van der Waals surface area (Å²) in [5, 5.41) is 11.9. The molecule has 1 unspecified atom stereocenters. The van der Waals surface area contributed by atoms with Gasteiger partial charge in [0.05, 0.1) is 11.1 Å². The predicted octanol–water partition coefficient (Wildman–Crippen LogP) is 2.03. The minimum absolute atomic E-state index is 0.0501. The molecule has 0 bridgehead atoms. The minimum atomic E-state index is -3.55. The number of anilines is 1. The maximum atomic E-state index is 12.0. The first-order chi connectivity index (χ1) is 13.0. The molecule has 138 valence electrons. The number of aromatic nitrogens is 5. The zero-order valence-electron chi connectivity index (χ0n) is 14.1. The number of rotatable bonds is 4. The number of sulfonamides is 1. The summed E-state index contributed by atoms with van der Waals surface area (Å²) in [5.41, 5.74) is 1.07. The number of nitrogens with zero attached hydrogens (tertiary/aromatic N) is 7. The average molecular weight is 403 g/mol. The van der Waals surface area contributed by atoms with Gasteiger partial charge in [0.1, 0.15) is 16.7 Å². The Hall–Kier alpha value is -2.86. The molecule has 3 aromatic rings. The van der Waals surface area contributed by atoms with E-state index in [1.807, 2.05) is 12.1 Å². The first-order valence-corrected chi connectivity index (χ1v) is 10.6. The van der Waals surface area contributed by atoms with Gasteiger partial charge >= 0.3 is 0 Å². The zero-order chi connectivity index (χ0) is 19.0. The largest absolute Gasteiger partial charge is 0.264 e. The third-order valence-electron chi connectivity index (χ3n) is 4.01. The molecule has 0 saturated carbocycles. The van der Waals surface area contributed by atoms with E-state index in [2.05, 4.69) is 30.3 Å². The minimum Gasteiger partial charge on any atom is -0.264 e. The highest BCUT2D eigenvalue weighted by Gasteiger charge is 2.34. The highest BCUT2D eigenvalue weighted by atomic mass is 32.2. The molecule has 4 rings (SSSR count). The molecule has 0 amide bonds. The van der Waals surface area contributed by atoms with Crippen LogP contribution < -0.4 is 4.31 Å². The van der Waals surface area contributed by atoms with Crippen molar-refractivity contribution in [1.82, 2.24) is 25.1 Å². The Morgan fingerprint density at radius 1 is 1.30 bits per heavy atom. The van der Waals surface area contributed by atoms with Crippen molar-refractivity contribution in [1.29, 1.82) is 0 Å². The van der Waals surface area contributed by atoms with Gasteiger partial charge < -0.3 is 0 Å². The fourth-order valence-electron chi connectivity index (χ4n) is 2.75. The van der Waals surface area contributed by atoms with Crippen LogP contribution in [0.3, 0.4) is 0 Å². The van der Waals surface area contributed by atoms with E-state index >= 15 is 0 Å². The second kappa shape index (κ2) is 6.70. The third kappa shape index (κ3) is 3.28. The molecular formula is C15H13N7O3S2. The van der Waals surface area contributed by atoms with Gasteiger partial charge in [-0.1, -0.05) is 5.18 Å². The first kappa shape index (κ1) is 17.5. The Morgan fingerprint density at radius 2 is 2.15 bits per heavy atom. The fourth-order valence-corrected chi connectivity index (χ4v) is 4.46. The Balaban J connectivity index is 1.76. The van der Waals surface area contributed by atoms with Crippen molar-refractivity contribution in [2.75, 3.05) is 17.1 Å². The van der Waals surface area contributed by atoms with E-state index in [9.17, 15) is 13.3 Å². The summed E-state index contributed by atoms with van der Waals surface area (Å²) in [6, 6.07) is 2.93. The van der Waals surface area contributed by atoms with E-state index in [-0.39, 0.29) is 30.3 Å². The van der Waals surface area contributed by atoms with Gasteiger partial charge in [-0.2, -0.15) is 4.91 Å². The van der Waals surface area contributed by atoms with Gasteiger partial charge in [0, 0.05) is 30.7 Å². The molecule has 1 aliphatic heterocycles. The number of fused-ring (bicyclic) bond motifs is 1. The van der Waals surface area contributed by atoms with Crippen LogP contribution in [-0.4, -0.2) is 46.4 Å². The van der Waals surface area contributed by atoms with Crippen LogP contribution in [0.1, 0.15) is 18.2 Å². The van der Waals surface area contributed by atoms with Crippen molar-refractivity contribution in [2.45, 2.75) is 12.5 Å². The molecule has 0 fully saturated rings. The van der Waals surface area contributed by atoms with Crippen LogP contribution in [0.2, 0.25) is 0 Å². The molecule has 1 atom stereocenters. The molecule has 27 heavy (non-hydrogen) atoms. The molecular weight excluding hydrogens is 390 g/mol. The van der Waals surface area contributed by atoms with Crippen LogP contribution in [0.25, 0.3) is 21.3 Å². The lowest BCUT2D eigenvalue weighted by Gasteiger charge is -2.28. The third-order valence-corrected chi connectivity index (χ3v) is 6.21. The highest BCUT2D eigenvalue weighted by Crippen LogP contribution is 2.36. The first-order valence-electron chi connectivity index (χ1n) is 7.89. The Labute approximate surface area is 158 Å². The summed E-state index contributed by atoms with van der Waals surface area (Å²) in [6.07, 6.45) is 6.30. The number of hydrogen-bond acceptors (Lipinski definition) is 10. The van der Waals surface area contributed by atoms with Gasteiger partial charge in [-0.15, -0.1) is 21.5 Å². The Morgan fingerprint density at radius 3 is 2.85 bits per heavy atom. The monoisotopic (exact) mass is 403 g/mol. The number of pyridine rings is 1. The molecule has 0 N–H and O–H groups in total. The molecule has 0 radical (unpaired) electrons. The zero-order valence-corrected chi connectivity index (χ0v) is 15.7. The van der Waals surface area contributed by atoms with Gasteiger partial charge in [0.25, 0.3) is 0 Å². The molecule has 0 spiro atoms. The van der Waals surface area contributed by atoms with Gasteiger partial charge in [0.15, 0.2) is 11.6 Å². The van der Waals surface area contributed by atoms with Gasteiger partial charge in [-0.05, 0) is 18.6 Å². The molecule has 0 aromatic carbocycles. The normalized spacial score (nSPS) is 16.8. The second-order valence-corrected chi connectivity index (χ2v) is 8.80. The van der Waals surface area contributed by atoms with Crippen molar-refractivity contribution in [2.24, 2.45) is 5.18 Å². The van der Waals surface area contributed by atoms with Crippen LogP contribution in [0, 0.1) is 4.91 Å². The smallest absolute Gasteiger partial charge is 0.233 e. The summed E-state index contributed by atoms with van der Waals surface area (Å²) in [4.78, 5) is 24.6. The lowest BCUT2D eigenvalue weighted by atomic mass is 10.1. The molecule has 3 aromatic heterocycles. The highest BCUT2D eigenvalue weighted by molar-refractivity contribution is 7.92. The van der Waals surface area contributed by atoms with Crippen LogP contribution in [-0.2, 0) is 10.0 Å². The van der Waals surface area contributed by atoms with Crippen molar-refractivity contribution in [3.05, 3.63) is 41.3 Å². The van der Waals surface area contributed by atoms with Crippen molar-refractivity contribution >= 4 is 27.2 Å². The summed E-state index contributed by atoms with van der Waals surface area (Å²) in [6.45, 7) is 0.115. The Kier molecular flexibility index (Phi) is 4.36.